The summed E-state index contributed by atoms with van der Waals surface area (Å²) in [6, 6.07) is 5.47. The van der Waals surface area contributed by atoms with Gasteiger partial charge in [0.2, 0.25) is 0 Å². The lowest BCUT2D eigenvalue weighted by Crippen LogP contribution is -2.45. The van der Waals surface area contributed by atoms with Gasteiger partial charge in [0.25, 0.3) is 12.4 Å². The molecular formula is C19H27N3O5. The Morgan fingerprint density at radius 1 is 1.41 bits per heavy atom. The molecule has 27 heavy (non-hydrogen) atoms. The number of hydrogen-bond acceptors (Lipinski definition) is 6. The van der Waals surface area contributed by atoms with Gasteiger partial charge in [0, 0.05) is 31.7 Å². The lowest BCUT2D eigenvalue weighted by Gasteiger charge is -2.36. The molecule has 1 aromatic rings. The van der Waals surface area contributed by atoms with E-state index < -0.39 is 5.41 Å². The molecule has 2 aliphatic heterocycles. The minimum absolute atomic E-state index is 0.0341. The Labute approximate surface area is 159 Å². The topological polar surface area (TPSA) is 100 Å². The lowest BCUT2D eigenvalue weighted by atomic mass is 9.76. The van der Waals surface area contributed by atoms with Crippen LogP contribution in [0, 0.1) is 12.3 Å². The molecule has 1 aromatic heterocycles. The molecule has 1 N–H and O–H groups in total. The molecule has 0 bridgehead atoms. The van der Waals surface area contributed by atoms with Crippen molar-refractivity contribution in [3.63, 3.8) is 0 Å². The number of carboxylic acid groups (broad SMARTS) is 1. The minimum atomic E-state index is -0.405. The van der Waals surface area contributed by atoms with E-state index in [1.165, 1.54) is 0 Å². The quantitative estimate of drug-likeness (QED) is 0.624. The second-order valence-electron chi connectivity index (χ2n) is 7.34. The maximum atomic E-state index is 12.6. The summed E-state index contributed by atoms with van der Waals surface area (Å²) in [6.07, 6.45) is 2.07. The number of pyridine rings is 1. The molecule has 0 aliphatic carbocycles. The minimum Gasteiger partial charge on any atom is -0.483 e. The molecule has 1 atom stereocenters. The van der Waals surface area contributed by atoms with Crippen LogP contribution in [-0.4, -0.2) is 78.1 Å². The SMILES string of the molecule is Cc1cccc(C(=O)N2CCC3(CC2)CC(CN(C)C)OC3=O)n1.O=CO. The first-order chi connectivity index (χ1) is 12.8. The van der Waals surface area contributed by atoms with Crippen LogP contribution in [0.15, 0.2) is 18.2 Å². The van der Waals surface area contributed by atoms with Gasteiger partial charge < -0.3 is 19.6 Å². The molecule has 3 rings (SSSR count). The number of hydrogen-bond donors (Lipinski definition) is 1. The van der Waals surface area contributed by atoms with E-state index in [-0.39, 0.29) is 24.5 Å². The first-order valence-corrected chi connectivity index (χ1v) is 8.98. The first kappa shape index (κ1) is 20.8. The first-order valence-electron chi connectivity index (χ1n) is 8.98. The van der Waals surface area contributed by atoms with Crippen LogP contribution in [0.3, 0.4) is 0 Å². The number of likely N-dealkylation sites (N-methyl/N-ethyl adjacent to an activating group) is 1. The molecule has 148 valence electrons. The van der Waals surface area contributed by atoms with Crippen molar-refractivity contribution < 1.29 is 24.2 Å². The summed E-state index contributed by atoms with van der Waals surface area (Å²) < 4.78 is 5.57. The number of piperidine rings is 1. The highest BCUT2D eigenvalue weighted by Gasteiger charge is 2.50. The fourth-order valence-corrected chi connectivity index (χ4v) is 3.72. The van der Waals surface area contributed by atoms with Crippen LogP contribution in [0.2, 0.25) is 0 Å². The Balaban J connectivity index is 0.000000817. The molecule has 1 spiro atoms. The molecule has 0 radical (unpaired) electrons. The Hall–Kier alpha value is -2.48. The van der Waals surface area contributed by atoms with Crippen LogP contribution in [0.25, 0.3) is 0 Å². The van der Waals surface area contributed by atoms with Gasteiger partial charge in [-0.05, 0) is 46.0 Å². The van der Waals surface area contributed by atoms with Gasteiger partial charge in [-0.3, -0.25) is 14.4 Å². The van der Waals surface area contributed by atoms with Gasteiger partial charge in [0.15, 0.2) is 0 Å². The van der Waals surface area contributed by atoms with Crippen molar-refractivity contribution in [3.05, 3.63) is 29.6 Å². The standard InChI is InChI=1S/C18H25N3O3.CH2O2/c1-13-5-4-6-15(19-13)16(22)21-9-7-18(8-10-21)11-14(12-20(2)3)24-17(18)23;2-1-3/h4-6,14H,7-12H2,1-3H3;1H,(H,2,3). The van der Waals surface area contributed by atoms with Crippen molar-refractivity contribution in [2.24, 2.45) is 5.41 Å². The summed E-state index contributed by atoms with van der Waals surface area (Å²) in [5, 5.41) is 6.89. The van der Waals surface area contributed by atoms with Crippen molar-refractivity contribution in [1.82, 2.24) is 14.8 Å². The second-order valence-corrected chi connectivity index (χ2v) is 7.34. The van der Waals surface area contributed by atoms with Gasteiger partial charge >= 0.3 is 5.97 Å². The zero-order valence-electron chi connectivity index (χ0n) is 16.1. The number of amides is 1. The smallest absolute Gasteiger partial charge is 0.312 e. The van der Waals surface area contributed by atoms with Crippen LogP contribution in [-0.2, 0) is 14.3 Å². The second kappa shape index (κ2) is 8.94. The highest BCUT2D eigenvalue weighted by molar-refractivity contribution is 5.92. The zero-order valence-corrected chi connectivity index (χ0v) is 16.1. The number of cyclic esters (lactones) is 1. The molecule has 2 saturated heterocycles. The molecule has 8 nitrogen and oxygen atoms in total. The van der Waals surface area contributed by atoms with E-state index in [0.29, 0.717) is 31.6 Å². The number of aromatic nitrogens is 1. The fraction of sp³-hybridized carbons (Fsp3) is 0.579. The summed E-state index contributed by atoms with van der Waals surface area (Å²) in [6.45, 7) is 3.54. The third-order valence-corrected chi connectivity index (χ3v) is 5.01. The van der Waals surface area contributed by atoms with Crippen LogP contribution in [0.1, 0.15) is 35.4 Å². The van der Waals surface area contributed by atoms with Crippen LogP contribution < -0.4 is 0 Å². The molecule has 2 aliphatic rings. The predicted molar refractivity (Wildman–Crippen MR) is 98.3 cm³/mol. The summed E-state index contributed by atoms with van der Waals surface area (Å²) in [7, 11) is 3.96. The lowest BCUT2D eigenvalue weighted by molar-refractivity contribution is -0.150. The number of esters is 1. The van der Waals surface area contributed by atoms with E-state index in [1.807, 2.05) is 38.1 Å². The van der Waals surface area contributed by atoms with E-state index in [9.17, 15) is 9.59 Å². The van der Waals surface area contributed by atoms with Crippen molar-refractivity contribution >= 4 is 18.3 Å². The van der Waals surface area contributed by atoms with Gasteiger partial charge in [-0.25, -0.2) is 4.98 Å². The van der Waals surface area contributed by atoms with Crippen LogP contribution in [0.5, 0.6) is 0 Å². The van der Waals surface area contributed by atoms with Crippen LogP contribution >= 0.6 is 0 Å². The maximum Gasteiger partial charge on any atom is 0.312 e. The van der Waals surface area contributed by atoms with Crippen LogP contribution in [0.4, 0.5) is 0 Å². The molecule has 3 heterocycles. The predicted octanol–water partition coefficient (Wildman–Crippen LogP) is 1.19. The Morgan fingerprint density at radius 2 is 2.04 bits per heavy atom. The number of carbonyl (C=O) groups is 3. The average molecular weight is 377 g/mol. The van der Waals surface area contributed by atoms with Gasteiger partial charge in [-0.1, -0.05) is 6.07 Å². The largest absolute Gasteiger partial charge is 0.483 e. The zero-order chi connectivity index (χ0) is 20.0. The number of aryl methyl sites for hydroxylation is 1. The fourth-order valence-electron chi connectivity index (χ4n) is 3.72. The van der Waals surface area contributed by atoms with E-state index in [2.05, 4.69) is 4.98 Å². The molecule has 0 saturated carbocycles. The molecule has 2 fully saturated rings. The Kier molecular flexibility index (Phi) is 6.90. The molecule has 8 heteroatoms. The summed E-state index contributed by atoms with van der Waals surface area (Å²) in [4.78, 5) is 41.5. The van der Waals surface area contributed by atoms with Crippen molar-refractivity contribution in [3.8, 4) is 0 Å². The van der Waals surface area contributed by atoms with E-state index >= 15 is 0 Å². The monoisotopic (exact) mass is 377 g/mol. The summed E-state index contributed by atoms with van der Waals surface area (Å²) >= 11 is 0. The van der Waals surface area contributed by atoms with Gasteiger partial charge in [0.1, 0.15) is 11.8 Å². The molecule has 1 amide bonds. The van der Waals surface area contributed by atoms with Crippen molar-refractivity contribution in [2.45, 2.75) is 32.3 Å². The molecule has 0 aromatic carbocycles. The van der Waals surface area contributed by atoms with E-state index in [1.54, 1.807) is 11.0 Å². The van der Waals surface area contributed by atoms with E-state index in [0.717, 1.165) is 18.7 Å². The summed E-state index contributed by atoms with van der Waals surface area (Å²) in [5.41, 5.74) is 0.906. The number of rotatable bonds is 3. The normalized spacial score (nSPS) is 20.8. The Bertz CT molecular complexity index is 684. The number of likely N-dealkylation sites (tertiary alicyclic amines) is 1. The molecule has 1 unspecified atom stereocenters. The number of nitrogens with zero attached hydrogens (tertiary/aromatic N) is 3. The third-order valence-electron chi connectivity index (χ3n) is 5.01. The number of ether oxygens (including phenoxy) is 1. The van der Waals surface area contributed by atoms with Gasteiger partial charge in [-0.15, -0.1) is 0 Å². The number of carbonyl (C=O) groups excluding carboxylic acids is 2. The average Bonchev–Trinajstić information content (AvgIpc) is 2.90. The molecular weight excluding hydrogens is 350 g/mol. The van der Waals surface area contributed by atoms with Crippen molar-refractivity contribution in [2.75, 3.05) is 33.7 Å². The van der Waals surface area contributed by atoms with Gasteiger partial charge in [-0.2, -0.15) is 0 Å². The summed E-state index contributed by atoms with van der Waals surface area (Å²) in [5.74, 6) is -0.139. The van der Waals surface area contributed by atoms with Crippen molar-refractivity contribution in [1.29, 1.82) is 0 Å². The maximum absolute atomic E-state index is 12.6. The van der Waals surface area contributed by atoms with Gasteiger partial charge in [0.05, 0.1) is 5.41 Å². The third kappa shape index (κ3) is 5.03. The highest BCUT2D eigenvalue weighted by atomic mass is 16.6. The highest BCUT2D eigenvalue weighted by Crippen LogP contribution is 2.43. The van der Waals surface area contributed by atoms with E-state index in [4.69, 9.17) is 14.6 Å². The Morgan fingerprint density at radius 3 is 2.59 bits per heavy atom.